The largest absolute Gasteiger partial charge is 0.389 e. The minimum absolute atomic E-state index is 0.0854. The van der Waals surface area contributed by atoms with E-state index in [4.69, 9.17) is 18.0 Å². The Morgan fingerprint density at radius 1 is 1.53 bits per heavy atom. The van der Waals surface area contributed by atoms with Crippen LogP contribution in [0.4, 0.5) is 0 Å². The first-order valence-electron chi connectivity index (χ1n) is 5.41. The Labute approximate surface area is 121 Å². The molecule has 1 aromatic heterocycles. The van der Waals surface area contributed by atoms with Crippen molar-refractivity contribution in [3.63, 3.8) is 0 Å². The monoisotopic (exact) mass is 321 g/mol. The molecule has 0 aliphatic rings. The third-order valence-electron chi connectivity index (χ3n) is 2.40. The van der Waals surface area contributed by atoms with E-state index in [0.29, 0.717) is 11.4 Å². The van der Waals surface area contributed by atoms with Crippen LogP contribution in [0.3, 0.4) is 0 Å². The Kier molecular flexibility index (Phi) is 5.41. The Morgan fingerprint density at radius 3 is 2.63 bits per heavy atom. The predicted octanol–water partition coefficient (Wildman–Crippen LogP) is 0.139. The lowest BCUT2D eigenvalue weighted by atomic mass is 10.5. The zero-order valence-electron chi connectivity index (χ0n) is 10.5. The van der Waals surface area contributed by atoms with Gasteiger partial charge < -0.3 is 10.6 Å². The van der Waals surface area contributed by atoms with Crippen LogP contribution in [0.25, 0.3) is 0 Å². The van der Waals surface area contributed by atoms with E-state index in [0.717, 1.165) is 11.3 Å². The second kappa shape index (κ2) is 6.42. The summed E-state index contributed by atoms with van der Waals surface area (Å²) in [5, 5.41) is 0. The summed E-state index contributed by atoms with van der Waals surface area (Å²) in [4.78, 5) is 13.6. The second-order valence-electron chi connectivity index (χ2n) is 3.72. The highest BCUT2D eigenvalue weighted by Gasteiger charge is 2.19. The molecule has 0 saturated carbocycles. The number of rotatable bonds is 6. The number of likely N-dealkylation sites (N-methyl/N-ethyl adjacent to an activating group) is 1. The molecule has 0 aliphatic carbocycles. The standard InChI is InChI=1S/C10H15N3O3S3/c1-3-13(2)8(14)6-12-19(15,16)9-5-4-7(18-9)10(11)17/h4-5,12H,3,6H2,1-2H3,(H2,11,17). The van der Waals surface area contributed by atoms with Gasteiger partial charge in [0.2, 0.25) is 5.91 Å². The molecule has 1 amide bonds. The van der Waals surface area contributed by atoms with Gasteiger partial charge in [0.25, 0.3) is 10.0 Å². The van der Waals surface area contributed by atoms with Gasteiger partial charge in [-0.15, -0.1) is 11.3 Å². The van der Waals surface area contributed by atoms with Crippen molar-refractivity contribution in [2.45, 2.75) is 11.1 Å². The highest BCUT2D eigenvalue weighted by Crippen LogP contribution is 2.21. The Balaban J connectivity index is 2.76. The molecule has 106 valence electrons. The van der Waals surface area contributed by atoms with Gasteiger partial charge >= 0.3 is 0 Å². The van der Waals surface area contributed by atoms with E-state index >= 15 is 0 Å². The SMILES string of the molecule is CCN(C)C(=O)CNS(=O)(=O)c1ccc(C(N)=S)s1. The number of hydrogen-bond acceptors (Lipinski definition) is 5. The highest BCUT2D eigenvalue weighted by atomic mass is 32.2. The molecule has 19 heavy (non-hydrogen) atoms. The number of nitrogens with one attached hydrogen (secondary N) is 1. The maximum Gasteiger partial charge on any atom is 0.250 e. The van der Waals surface area contributed by atoms with Gasteiger partial charge in [0.15, 0.2) is 0 Å². The molecule has 9 heteroatoms. The van der Waals surface area contributed by atoms with E-state index in [2.05, 4.69) is 4.72 Å². The van der Waals surface area contributed by atoms with Crippen LogP contribution in [0.2, 0.25) is 0 Å². The van der Waals surface area contributed by atoms with Gasteiger partial charge in [-0.25, -0.2) is 13.1 Å². The molecule has 1 rings (SSSR count). The van der Waals surface area contributed by atoms with E-state index in [1.165, 1.54) is 11.0 Å². The topological polar surface area (TPSA) is 92.5 Å². The van der Waals surface area contributed by atoms with Crippen LogP contribution in [-0.4, -0.2) is 44.4 Å². The number of carbonyl (C=O) groups excluding carboxylic acids is 1. The van der Waals surface area contributed by atoms with Gasteiger partial charge in [-0.3, -0.25) is 4.79 Å². The van der Waals surface area contributed by atoms with Crippen molar-refractivity contribution in [1.29, 1.82) is 0 Å². The molecular weight excluding hydrogens is 306 g/mol. The molecule has 0 radical (unpaired) electrons. The molecular formula is C10H15N3O3S3. The third kappa shape index (κ3) is 4.23. The fraction of sp³-hybridized carbons (Fsp3) is 0.400. The van der Waals surface area contributed by atoms with Crippen LogP contribution >= 0.6 is 23.6 Å². The van der Waals surface area contributed by atoms with Crippen molar-refractivity contribution in [1.82, 2.24) is 9.62 Å². The molecule has 0 aromatic carbocycles. The molecule has 0 fully saturated rings. The molecule has 0 spiro atoms. The summed E-state index contributed by atoms with van der Waals surface area (Å²) in [5.74, 6) is -0.294. The average molecular weight is 321 g/mol. The molecule has 6 nitrogen and oxygen atoms in total. The van der Waals surface area contributed by atoms with E-state index in [-0.39, 0.29) is 21.6 Å². The molecule has 3 N–H and O–H groups in total. The minimum Gasteiger partial charge on any atom is -0.389 e. The number of thiophene rings is 1. The van der Waals surface area contributed by atoms with Crippen LogP contribution in [0.1, 0.15) is 11.8 Å². The minimum atomic E-state index is -3.70. The number of sulfonamides is 1. The Hall–Kier alpha value is -1.03. The van der Waals surface area contributed by atoms with Gasteiger partial charge in [0.1, 0.15) is 9.20 Å². The van der Waals surface area contributed by atoms with Crippen LogP contribution in [0.5, 0.6) is 0 Å². The highest BCUT2D eigenvalue weighted by molar-refractivity contribution is 7.91. The van der Waals surface area contributed by atoms with Crippen LogP contribution in [0.15, 0.2) is 16.3 Å². The molecule has 0 unspecified atom stereocenters. The number of carbonyl (C=O) groups is 1. The normalized spacial score (nSPS) is 11.3. The predicted molar refractivity (Wildman–Crippen MR) is 78.7 cm³/mol. The number of nitrogens with two attached hydrogens (primary N) is 1. The summed E-state index contributed by atoms with van der Waals surface area (Å²) in [7, 11) is -2.10. The van der Waals surface area contributed by atoms with Crippen molar-refractivity contribution in [2.24, 2.45) is 5.73 Å². The number of thiocarbonyl (C=S) groups is 1. The zero-order chi connectivity index (χ0) is 14.6. The molecule has 0 atom stereocenters. The lowest BCUT2D eigenvalue weighted by Gasteiger charge is -2.14. The third-order valence-corrected chi connectivity index (χ3v) is 5.76. The smallest absolute Gasteiger partial charge is 0.250 e. The van der Waals surface area contributed by atoms with Crippen LogP contribution in [-0.2, 0) is 14.8 Å². The van der Waals surface area contributed by atoms with E-state index in [1.807, 2.05) is 0 Å². The van der Waals surface area contributed by atoms with Gasteiger partial charge in [-0.1, -0.05) is 12.2 Å². The zero-order valence-corrected chi connectivity index (χ0v) is 13.0. The van der Waals surface area contributed by atoms with E-state index in [9.17, 15) is 13.2 Å². The number of nitrogens with zero attached hydrogens (tertiary/aromatic N) is 1. The lowest BCUT2D eigenvalue weighted by Crippen LogP contribution is -2.37. The van der Waals surface area contributed by atoms with Crippen molar-refractivity contribution in [3.8, 4) is 0 Å². The quantitative estimate of drug-likeness (QED) is 0.727. The van der Waals surface area contributed by atoms with Crippen LogP contribution in [0, 0.1) is 0 Å². The summed E-state index contributed by atoms with van der Waals surface area (Å²) in [6.45, 7) is 2.05. The number of hydrogen-bond donors (Lipinski definition) is 2. The summed E-state index contributed by atoms with van der Waals surface area (Å²) in [5.41, 5.74) is 5.42. The van der Waals surface area contributed by atoms with Crippen LogP contribution < -0.4 is 10.5 Å². The summed E-state index contributed by atoms with van der Waals surface area (Å²) in [6.07, 6.45) is 0. The van der Waals surface area contributed by atoms with Crippen molar-refractivity contribution in [2.75, 3.05) is 20.1 Å². The Morgan fingerprint density at radius 2 is 2.16 bits per heavy atom. The fourth-order valence-electron chi connectivity index (χ4n) is 1.14. The fourth-order valence-corrected chi connectivity index (χ4v) is 3.51. The molecule has 0 bridgehead atoms. The molecule has 0 aliphatic heterocycles. The summed E-state index contributed by atoms with van der Waals surface area (Å²) < 4.78 is 26.2. The Bertz CT molecular complexity index is 580. The lowest BCUT2D eigenvalue weighted by molar-refractivity contribution is -0.128. The van der Waals surface area contributed by atoms with E-state index < -0.39 is 10.0 Å². The summed E-state index contributed by atoms with van der Waals surface area (Å²) >= 11 is 5.74. The van der Waals surface area contributed by atoms with Gasteiger partial charge in [0.05, 0.1) is 11.4 Å². The maximum absolute atomic E-state index is 11.9. The van der Waals surface area contributed by atoms with E-state index in [1.54, 1.807) is 20.0 Å². The van der Waals surface area contributed by atoms with Crippen molar-refractivity contribution >= 4 is 44.5 Å². The molecule has 0 saturated heterocycles. The van der Waals surface area contributed by atoms with Crippen molar-refractivity contribution in [3.05, 3.63) is 17.0 Å². The second-order valence-corrected chi connectivity index (χ2v) is 7.23. The molecule has 1 heterocycles. The molecule has 1 aromatic rings. The van der Waals surface area contributed by atoms with Crippen molar-refractivity contribution < 1.29 is 13.2 Å². The van der Waals surface area contributed by atoms with Gasteiger partial charge in [-0.05, 0) is 19.1 Å². The van der Waals surface area contributed by atoms with Gasteiger partial charge in [-0.2, -0.15) is 0 Å². The first kappa shape index (κ1) is 16.0. The number of amides is 1. The maximum atomic E-state index is 11.9. The van der Waals surface area contributed by atoms with Gasteiger partial charge in [0, 0.05) is 13.6 Å². The average Bonchev–Trinajstić information content (AvgIpc) is 2.85. The first-order valence-corrected chi connectivity index (χ1v) is 8.12. The summed E-state index contributed by atoms with van der Waals surface area (Å²) in [6, 6.07) is 2.96. The first-order chi connectivity index (χ1) is 8.77.